The molecule has 0 saturated carbocycles. The zero-order valence-corrected chi connectivity index (χ0v) is 18.8. The number of likely N-dealkylation sites (N-methyl/N-ethyl adjacent to an activating group) is 1. The molecule has 160 valence electrons. The molecule has 0 spiro atoms. The monoisotopic (exact) mass is 404 g/mol. The molecule has 6 heteroatoms. The highest BCUT2D eigenvalue weighted by atomic mass is 31.2. The molecule has 1 atom stereocenters. The van der Waals surface area contributed by atoms with Gasteiger partial charge < -0.3 is 19.4 Å². The van der Waals surface area contributed by atoms with Crippen molar-refractivity contribution in [1.82, 2.24) is 0 Å². The third-order valence-corrected chi connectivity index (χ3v) is 5.98. The molecule has 0 aromatic rings. The summed E-state index contributed by atoms with van der Waals surface area (Å²) in [6.45, 7) is 2.26. The Labute approximate surface area is 166 Å². The van der Waals surface area contributed by atoms with Crippen LogP contribution in [-0.4, -0.2) is 52.4 Å². The summed E-state index contributed by atoms with van der Waals surface area (Å²) in [6, 6.07) is 0. The Hall–Kier alpha value is -0.450. The van der Waals surface area contributed by atoms with Crippen LogP contribution in [0, 0.1) is 0 Å². The molecule has 0 aromatic heterocycles. The summed E-state index contributed by atoms with van der Waals surface area (Å²) in [7, 11) is 0.870. The molecule has 0 amide bonds. The predicted molar refractivity (Wildman–Crippen MR) is 115 cm³/mol. The van der Waals surface area contributed by atoms with Gasteiger partial charge in [0, 0.05) is 0 Å². The van der Waals surface area contributed by atoms with Crippen molar-refractivity contribution in [1.29, 1.82) is 0 Å². The van der Waals surface area contributed by atoms with Gasteiger partial charge in [0.25, 0.3) is 0 Å². The molecule has 3 N–H and O–H groups in total. The smallest absolute Gasteiger partial charge is 0.362 e. The van der Waals surface area contributed by atoms with E-state index in [1.807, 2.05) is 33.3 Å². The number of allylic oxidation sites excluding steroid dienone is 4. The van der Waals surface area contributed by atoms with Crippen LogP contribution >= 0.6 is 7.60 Å². The van der Waals surface area contributed by atoms with Gasteiger partial charge >= 0.3 is 7.60 Å². The highest BCUT2D eigenvalue weighted by Crippen LogP contribution is 2.52. The molecule has 0 saturated heterocycles. The average Bonchev–Trinajstić information content (AvgIpc) is 2.52. The van der Waals surface area contributed by atoms with E-state index < -0.39 is 12.9 Å². The van der Waals surface area contributed by atoms with Crippen LogP contribution in [0.4, 0.5) is 0 Å². The Morgan fingerprint density at radius 2 is 1.30 bits per heavy atom. The Balaban J connectivity index is 3.97. The maximum atomic E-state index is 11.7. The van der Waals surface area contributed by atoms with E-state index in [0.29, 0.717) is 10.9 Å². The summed E-state index contributed by atoms with van der Waals surface area (Å²) < 4.78 is 12.0. The molecular weight excluding hydrogens is 361 g/mol. The Bertz CT molecular complexity index is 479. The number of aliphatic hydroxyl groups is 1. The Morgan fingerprint density at radius 1 is 0.815 bits per heavy atom. The van der Waals surface area contributed by atoms with Crippen LogP contribution in [0.25, 0.3) is 0 Å². The van der Waals surface area contributed by atoms with Crippen molar-refractivity contribution in [3.05, 3.63) is 24.3 Å². The van der Waals surface area contributed by atoms with Gasteiger partial charge in [-0.2, -0.15) is 0 Å². The second-order valence-corrected chi connectivity index (χ2v) is 10.5. The standard InChI is InChI=1S/C21H42NO4P/c1-5-6-7-8-9-10-11-12-13-14-15-16-17-18-19-21(23,27(24,25)26)20-22(2,3)4/h11-12,16-17,23H,5-10,13-15,18-20H2,1-4H3,(H-,24,25,26)/p+1/b12-11-,17-16-. The van der Waals surface area contributed by atoms with Crippen LogP contribution in [0.2, 0.25) is 0 Å². The maximum Gasteiger partial charge on any atom is 0.362 e. The van der Waals surface area contributed by atoms with E-state index in [2.05, 4.69) is 19.1 Å². The lowest BCUT2D eigenvalue weighted by Crippen LogP contribution is -2.49. The average molecular weight is 405 g/mol. The minimum Gasteiger partial charge on any atom is -0.373 e. The van der Waals surface area contributed by atoms with E-state index >= 15 is 0 Å². The van der Waals surface area contributed by atoms with Gasteiger partial charge in [-0.25, -0.2) is 0 Å². The van der Waals surface area contributed by atoms with E-state index in [-0.39, 0.29) is 13.0 Å². The third kappa shape index (κ3) is 14.2. The highest BCUT2D eigenvalue weighted by Gasteiger charge is 2.48. The van der Waals surface area contributed by atoms with Crippen molar-refractivity contribution in [2.45, 2.75) is 82.9 Å². The van der Waals surface area contributed by atoms with Crippen molar-refractivity contribution >= 4 is 7.60 Å². The van der Waals surface area contributed by atoms with Crippen LogP contribution in [-0.2, 0) is 4.57 Å². The molecule has 0 aliphatic carbocycles. The van der Waals surface area contributed by atoms with Crippen LogP contribution < -0.4 is 0 Å². The minimum absolute atomic E-state index is 0.0222. The molecule has 1 unspecified atom stereocenters. The quantitative estimate of drug-likeness (QED) is 0.147. The van der Waals surface area contributed by atoms with E-state index in [1.54, 1.807) is 0 Å². The first-order chi connectivity index (χ1) is 12.5. The van der Waals surface area contributed by atoms with Gasteiger partial charge in [-0.3, -0.25) is 4.57 Å². The van der Waals surface area contributed by atoms with Gasteiger partial charge in [-0.05, 0) is 44.9 Å². The molecule has 0 heterocycles. The van der Waals surface area contributed by atoms with Crippen molar-refractivity contribution in [3.8, 4) is 0 Å². The van der Waals surface area contributed by atoms with Gasteiger partial charge in [0.15, 0.2) is 0 Å². The van der Waals surface area contributed by atoms with Crippen LogP contribution in [0.5, 0.6) is 0 Å². The van der Waals surface area contributed by atoms with Crippen LogP contribution in [0.15, 0.2) is 24.3 Å². The van der Waals surface area contributed by atoms with E-state index in [4.69, 9.17) is 0 Å². The molecule has 0 fully saturated rings. The summed E-state index contributed by atoms with van der Waals surface area (Å²) in [5.41, 5.74) is 0. The summed E-state index contributed by atoms with van der Waals surface area (Å²) >= 11 is 0. The lowest BCUT2D eigenvalue weighted by atomic mass is 10.1. The number of nitrogens with zero attached hydrogens (tertiary/aromatic N) is 1. The predicted octanol–water partition coefficient (Wildman–Crippen LogP) is 4.98. The molecule has 0 bridgehead atoms. The largest absolute Gasteiger partial charge is 0.373 e. The van der Waals surface area contributed by atoms with Gasteiger partial charge in [-0.1, -0.05) is 56.9 Å². The van der Waals surface area contributed by atoms with Crippen molar-refractivity contribution < 1.29 is 23.9 Å². The zero-order chi connectivity index (χ0) is 20.8. The van der Waals surface area contributed by atoms with Gasteiger partial charge in [0.2, 0.25) is 5.34 Å². The molecule has 0 radical (unpaired) electrons. The molecule has 0 aliphatic heterocycles. The van der Waals surface area contributed by atoms with Crippen LogP contribution in [0.3, 0.4) is 0 Å². The molecular formula is C21H43NO4P+. The van der Waals surface area contributed by atoms with Crippen molar-refractivity contribution in [3.63, 3.8) is 0 Å². The normalized spacial score (nSPS) is 15.7. The van der Waals surface area contributed by atoms with E-state index in [1.165, 1.54) is 38.5 Å². The fourth-order valence-corrected chi connectivity index (χ4v) is 4.11. The molecule has 0 aliphatic rings. The third-order valence-electron chi connectivity index (χ3n) is 4.53. The molecule has 27 heavy (non-hydrogen) atoms. The number of hydrogen-bond acceptors (Lipinski definition) is 2. The number of hydrogen-bond donors (Lipinski definition) is 3. The van der Waals surface area contributed by atoms with Gasteiger partial charge in [0.1, 0.15) is 6.54 Å². The molecule has 0 rings (SSSR count). The lowest BCUT2D eigenvalue weighted by Gasteiger charge is -2.35. The first kappa shape index (κ1) is 26.6. The maximum absolute atomic E-state index is 11.7. The number of unbranched alkanes of at least 4 members (excludes halogenated alkanes) is 7. The second kappa shape index (κ2) is 13.7. The van der Waals surface area contributed by atoms with E-state index in [9.17, 15) is 19.5 Å². The topological polar surface area (TPSA) is 77.8 Å². The minimum atomic E-state index is -4.57. The summed E-state index contributed by atoms with van der Waals surface area (Å²) in [6.07, 6.45) is 19.9. The first-order valence-corrected chi connectivity index (χ1v) is 12.0. The first-order valence-electron chi connectivity index (χ1n) is 10.4. The fourth-order valence-electron chi connectivity index (χ4n) is 3.08. The lowest BCUT2D eigenvalue weighted by molar-refractivity contribution is -0.875. The molecule has 0 aromatic carbocycles. The Morgan fingerprint density at radius 3 is 1.78 bits per heavy atom. The Kier molecular flexibility index (Phi) is 13.5. The molecule has 5 nitrogen and oxygen atoms in total. The van der Waals surface area contributed by atoms with E-state index in [0.717, 1.165) is 19.3 Å². The zero-order valence-electron chi connectivity index (χ0n) is 17.9. The summed E-state index contributed by atoms with van der Waals surface area (Å²) in [5.74, 6) is 0. The van der Waals surface area contributed by atoms with Gasteiger partial charge in [0.05, 0.1) is 21.1 Å². The summed E-state index contributed by atoms with van der Waals surface area (Å²) in [4.78, 5) is 19.0. The second-order valence-electron chi connectivity index (χ2n) is 8.59. The number of quaternary nitrogens is 1. The number of rotatable bonds is 16. The summed E-state index contributed by atoms with van der Waals surface area (Å²) in [5, 5.41) is 8.49. The van der Waals surface area contributed by atoms with Crippen LogP contribution in [0.1, 0.15) is 77.6 Å². The van der Waals surface area contributed by atoms with Crippen molar-refractivity contribution in [2.24, 2.45) is 0 Å². The highest BCUT2D eigenvalue weighted by molar-refractivity contribution is 7.53. The fraction of sp³-hybridized carbons (Fsp3) is 0.810. The van der Waals surface area contributed by atoms with Crippen molar-refractivity contribution in [2.75, 3.05) is 27.7 Å². The van der Waals surface area contributed by atoms with Gasteiger partial charge in [-0.15, -0.1) is 0 Å². The SMILES string of the molecule is CCCCCCC/C=C\CCC/C=C\CCC(O)(C[N+](C)(C)C)P(=O)(O)O.